The number of likely N-dealkylation sites (tertiary alicyclic amines) is 1. The van der Waals surface area contributed by atoms with E-state index in [1.165, 1.54) is 37.0 Å². The van der Waals surface area contributed by atoms with Gasteiger partial charge < -0.3 is 10.2 Å². The molecule has 26 heavy (non-hydrogen) atoms. The van der Waals surface area contributed by atoms with Gasteiger partial charge in [0.25, 0.3) is 5.91 Å². The Balaban J connectivity index is 1.36. The van der Waals surface area contributed by atoms with Crippen LogP contribution in [-0.4, -0.2) is 36.3 Å². The molecule has 4 rings (SSSR count). The standard InChI is InChI=1S/C20H23ClN2O2S/c21-18-15-7-3-4-8-16(15)26-19(18)20(25)22-11-17(24)23-10-9-13-5-1-2-6-14(13)12-23/h3-4,7-8,13-14H,1-2,5-6,9-12H2,(H,22,25)/t13-,14-/m1/s1. The molecule has 0 bridgehead atoms. The summed E-state index contributed by atoms with van der Waals surface area (Å²) in [6, 6.07) is 7.68. The van der Waals surface area contributed by atoms with Crippen LogP contribution in [0.3, 0.4) is 0 Å². The zero-order chi connectivity index (χ0) is 18.1. The first-order valence-corrected chi connectivity index (χ1v) is 10.6. The second-order valence-corrected chi connectivity index (χ2v) is 8.79. The first-order valence-electron chi connectivity index (χ1n) is 9.36. The fraction of sp³-hybridized carbons (Fsp3) is 0.500. The van der Waals surface area contributed by atoms with E-state index in [2.05, 4.69) is 5.32 Å². The van der Waals surface area contributed by atoms with Crippen molar-refractivity contribution in [3.63, 3.8) is 0 Å². The molecule has 0 radical (unpaired) electrons. The zero-order valence-electron chi connectivity index (χ0n) is 14.7. The van der Waals surface area contributed by atoms with Crippen molar-refractivity contribution < 1.29 is 9.59 Å². The van der Waals surface area contributed by atoms with E-state index in [0.29, 0.717) is 15.8 Å². The maximum absolute atomic E-state index is 12.5. The Hall–Kier alpha value is -1.59. The summed E-state index contributed by atoms with van der Waals surface area (Å²) in [5.41, 5.74) is 0. The van der Waals surface area contributed by atoms with Crippen LogP contribution in [0.2, 0.25) is 5.02 Å². The van der Waals surface area contributed by atoms with Crippen LogP contribution in [0.25, 0.3) is 10.1 Å². The molecule has 1 aromatic carbocycles. The fourth-order valence-corrected chi connectivity index (χ4v) is 5.77. The minimum atomic E-state index is -0.267. The molecular weight excluding hydrogens is 368 g/mol. The van der Waals surface area contributed by atoms with Crippen molar-refractivity contribution in [3.05, 3.63) is 34.2 Å². The van der Waals surface area contributed by atoms with Crippen LogP contribution < -0.4 is 5.32 Å². The molecule has 1 saturated heterocycles. The van der Waals surface area contributed by atoms with Crippen molar-refractivity contribution >= 4 is 44.8 Å². The highest BCUT2D eigenvalue weighted by Gasteiger charge is 2.32. The number of rotatable bonds is 3. The highest BCUT2D eigenvalue weighted by Crippen LogP contribution is 2.36. The first kappa shape index (κ1) is 17.8. The summed E-state index contributed by atoms with van der Waals surface area (Å²) in [4.78, 5) is 27.4. The number of benzene rings is 1. The van der Waals surface area contributed by atoms with E-state index in [1.807, 2.05) is 29.2 Å². The summed E-state index contributed by atoms with van der Waals surface area (Å²) in [5.74, 6) is 1.19. The fourth-order valence-electron chi connectivity index (χ4n) is 4.34. The summed E-state index contributed by atoms with van der Waals surface area (Å²) in [6.45, 7) is 1.71. The van der Waals surface area contributed by atoms with E-state index >= 15 is 0 Å². The van der Waals surface area contributed by atoms with Crippen LogP contribution in [0.4, 0.5) is 0 Å². The van der Waals surface area contributed by atoms with Crippen molar-refractivity contribution in [2.45, 2.75) is 32.1 Å². The van der Waals surface area contributed by atoms with Gasteiger partial charge in [-0.15, -0.1) is 11.3 Å². The first-order chi connectivity index (χ1) is 12.6. The van der Waals surface area contributed by atoms with E-state index in [0.717, 1.165) is 35.5 Å². The van der Waals surface area contributed by atoms with Gasteiger partial charge >= 0.3 is 0 Å². The maximum atomic E-state index is 12.5. The Bertz CT molecular complexity index is 834. The molecule has 1 aliphatic carbocycles. The summed E-state index contributed by atoms with van der Waals surface area (Å²) in [6.07, 6.45) is 6.27. The topological polar surface area (TPSA) is 49.4 Å². The van der Waals surface area contributed by atoms with Crippen LogP contribution in [0.1, 0.15) is 41.8 Å². The van der Waals surface area contributed by atoms with Gasteiger partial charge in [0, 0.05) is 23.2 Å². The lowest BCUT2D eigenvalue weighted by Crippen LogP contribution is -2.48. The van der Waals surface area contributed by atoms with Gasteiger partial charge in [-0.3, -0.25) is 9.59 Å². The summed E-state index contributed by atoms with van der Waals surface area (Å²) < 4.78 is 0.980. The number of fused-ring (bicyclic) bond motifs is 2. The highest BCUT2D eigenvalue weighted by molar-refractivity contribution is 7.21. The van der Waals surface area contributed by atoms with Crippen LogP contribution in [0.15, 0.2) is 24.3 Å². The summed E-state index contributed by atoms with van der Waals surface area (Å²) in [5, 5.41) is 4.12. The molecule has 2 aromatic rings. The van der Waals surface area contributed by atoms with E-state index < -0.39 is 0 Å². The number of carbonyl (C=O) groups excluding carboxylic acids is 2. The molecule has 1 N–H and O–H groups in total. The van der Waals surface area contributed by atoms with Gasteiger partial charge in [-0.2, -0.15) is 0 Å². The molecule has 2 heterocycles. The number of amides is 2. The Morgan fingerprint density at radius 2 is 1.92 bits per heavy atom. The Labute approximate surface area is 162 Å². The van der Waals surface area contributed by atoms with Gasteiger partial charge in [-0.05, 0) is 30.7 Å². The largest absolute Gasteiger partial charge is 0.342 e. The van der Waals surface area contributed by atoms with E-state index in [-0.39, 0.29) is 18.4 Å². The van der Waals surface area contributed by atoms with Crippen molar-refractivity contribution in [1.29, 1.82) is 0 Å². The van der Waals surface area contributed by atoms with E-state index in [4.69, 9.17) is 11.6 Å². The molecule has 1 saturated carbocycles. The minimum absolute atomic E-state index is 0.0135. The number of halogens is 1. The van der Waals surface area contributed by atoms with Gasteiger partial charge in [0.1, 0.15) is 4.88 Å². The summed E-state index contributed by atoms with van der Waals surface area (Å²) in [7, 11) is 0. The average Bonchev–Trinajstić information content (AvgIpc) is 3.02. The second kappa shape index (κ2) is 7.57. The molecule has 138 valence electrons. The molecule has 1 aliphatic heterocycles. The maximum Gasteiger partial charge on any atom is 0.263 e. The third-order valence-corrected chi connectivity index (χ3v) is 7.46. The number of nitrogens with zero attached hydrogens (tertiary/aromatic N) is 1. The summed E-state index contributed by atoms with van der Waals surface area (Å²) >= 11 is 7.71. The predicted molar refractivity (Wildman–Crippen MR) is 106 cm³/mol. The Morgan fingerprint density at radius 1 is 1.15 bits per heavy atom. The SMILES string of the molecule is O=C(NCC(=O)N1CC[C@H]2CCCC[C@@H]2C1)c1sc2ccccc2c1Cl. The molecule has 0 unspecified atom stereocenters. The van der Waals surface area contributed by atoms with Gasteiger partial charge in [0.05, 0.1) is 11.6 Å². The van der Waals surface area contributed by atoms with Crippen molar-refractivity contribution in [1.82, 2.24) is 10.2 Å². The van der Waals surface area contributed by atoms with Gasteiger partial charge in [-0.1, -0.05) is 49.1 Å². The molecule has 6 heteroatoms. The van der Waals surface area contributed by atoms with Crippen LogP contribution >= 0.6 is 22.9 Å². The van der Waals surface area contributed by atoms with Gasteiger partial charge in [-0.25, -0.2) is 0 Å². The molecule has 2 amide bonds. The van der Waals surface area contributed by atoms with Crippen molar-refractivity contribution in [2.24, 2.45) is 11.8 Å². The normalized spacial score (nSPS) is 22.9. The molecule has 4 nitrogen and oxygen atoms in total. The number of piperidine rings is 1. The number of nitrogens with one attached hydrogen (secondary N) is 1. The van der Waals surface area contributed by atoms with E-state index in [9.17, 15) is 9.59 Å². The number of thiophene rings is 1. The van der Waals surface area contributed by atoms with Gasteiger partial charge in [0.2, 0.25) is 5.91 Å². The Kier molecular flexibility index (Phi) is 5.18. The smallest absolute Gasteiger partial charge is 0.263 e. The minimum Gasteiger partial charge on any atom is -0.342 e. The lowest BCUT2D eigenvalue weighted by atomic mass is 9.75. The number of hydrogen-bond donors (Lipinski definition) is 1. The number of hydrogen-bond acceptors (Lipinski definition) is 3. The quantitative estimate of drug-likeness (QED) is 0.848. The third-order valence-electron chi connectivity index (χ3n) is 5.79. The molecule has 1 aromatic heterocycles. The lowest BCUT2D eigenvalue weighted by molar-refractivity contribution is -0.133. The molecule has 0 spiro atoms. The van der Waals surface area contributed by atoms with Crippen molar-refractivity contribution in [2.75, 3.05) is 19.6 Å². The lowest BCUT2D eigenvalue weighted by Gasteiger charge is -2.41. The molecule has 2 aliphatic rings. The monoisotopic (exact) mass is 390 g/mol. The Morgan fingerprint density at radius 3 is 2.73 bits per heavy atom. The predicted octanol–water partition coefficient (Wildman–Crippen LogP) is 4.32. The second-order valence-electron chi connectivity index (χ2n) is 7.36. The van der Waals surface area contributed by atoms with Crippen LogP contribution in [0, 0.1) is 11.8 Å². The van der Waals surface area contributed by atoms with Gasteiger partial charge in [0.15, 0.2) is 0 Å². The average molecular weight is 391 g/mol. The molecule has 2 fully saturated rings. The number of carbonyl (C=O) groups is 2. The zero-order valence-corrected chi connectivity index (χ0v) is 16.2. The van der Waals surface area contributed by atoms with Crippen LogP contribution in [0.5, 0.6) is 0 Å². The van der Waals surface area contributed by atoms with Crippen LogP contribution in [-0.2, 0) is 4.79 Å². The third kappa shape index (κ3) is 3.47. The highest BCUT2D eigenvalue weighted by atomic mass is 35.5. The molecular formula is C20H23ClN2O2S. The molecule has 2 atom stereocenters. The van der Waals surface area contributed by atoms with E-state index in [1.54, 1.807) is 0 Å². The van der Waals surface area contributed by atoms with Crippen molar-refractivity contribution in [3.8, 4) is 0 Å².